The summed E-state index contributed by atoms with van der Waals surface area (Å²) in [6, 6.07) is 2.40. The normalized spacial score (nSPS) is 18.4. The monoisotopic (exact) mass is 295 g/mol. The van der Waals surface area contributed by atoms with Crippen molar-refractivity contribution in [1.82, 2.24) is 15.1 Å². The van der Waals surface area contributed by atoms with Crippen molar-refractivity contribution in [3.05, 3.63) is 23.7 Å². The first-order chi connectivity index (χ1) is 9.95. The number of carboxylic acid groups (broad SMARTS) is 1. The highest BCUT2D eigenvalue weighted by Gasteiger charge is 2.19. The standard InChI is InChI=1S/C14H21N3O4/c1-10(14(19)20)15-13(18)12-4-3-11(21-12)9-17-7-5-16(2)6-8-17/h3-4,10H,5-9H2,1-2H3,(H,15,18)(H,19,20). The van der Waals surface area contributed by atoms with Gasteiger partial charge in [-0.3, -0.25) is 14.5 Å². The minimum Gasteiger partial charge on any atom is -0.480 e. The van der Waals surface area contributed by atoms with Gasteiger partial charge in [0.25, 0.3) is 5.91 Å². The van der Waals surface area contributed by atoms with Crippen LogP contribution >= 0.6 is 0 Å². The molecule has 2 rings (SSSR count). The third kappa shape index (κ3) is 4.30. The predicted octanol–water partition coefficient (Wildman–Crippen LogP) is 0.230. The average molecular weight is 295 g/mol. The number of amides is 1. The highest BCUT2D eigenvalue weighted by atomic mass is 16.4. The maximum absolute atomic E-state index is 11.8. The summed E-state index contributed by atoms with van der Waals surface area (Å²) in [6.07, 6.45) is 0. The number of furan rings is 1. The number of nitrogens with zero attached hydrogens (tertiary/aromatic N) is 2. The van der Waals surface area contributed by atoms with Crippen molar-refractivity contribution in [2.75, 3.05) is 33.2 Å². The van der Waals surface area contributed by atoms with Crippen molar-refractivity contribution >= 4 is 11.9 Å². The number of rotatable bonds is 5. The second kappa shape index (κ2) is 6.73. The Morgan fingerprint density at radius 2 is 2.00 bits per heavy atom. The van der Waals surface area contributed by atoms with E-state index in [1.54, 1.807) is 12.1 Å². The number of nitrogens with one attached hydrogen (secondary N) is 1. The minimum atomic E-state index is -1.08. The molecule has 0 bridgehead atoms. The molecule has 1 aromatic heterocycles. The number of hydrogen-bond acceptors (Lipinski definition) is 5. The van der Waals surface area contributed by atoms with E-state index >= 15 is 0 Å². The van der Waals surface area contributed by atoms with Crippen LogP contribution in [0.5, 0.6) is 0 Å². The van der Waals surface area contributed by atoms with Crippen molar-refractivity contribution in [3.63, 3.8) is 0 Å². The van der Waals surface area contributed by atoms with Crippen molar-refractivity contribution in [2.24, 2.45) is 0 Å². The van der Waals surface area contributed by atoms with Crippen molar-refractivity contribution in [2.45, 2.75) is 19.5 Å². The third-order valence-electron chi connectivity index (χ3n) is 3.58. The smallest absolute Gasteiger partial charge is 0.325 e. The van der Waals surface area contributed by atoms with Gasteiger partial charge in [0.2, 0.25) is 0 Å². The third-order valence-corrected chi connectivity index (χ3v) is 3.58. The quantitative estimate of drug-likeness (QED) is 0.809. The Labute approximate surface area is 123 Å². The molecule has 0 aromatic carbocycles. The van der Waals surface area contributed by atoms with Crippen LogP contribution < -0.4 is 5.32 Å². The topological polar surface area (TPSA) is 86.0 Å². The zero-order valence-electron chi connectivity index (χ0n) is 12.3. The van der Waals surface area contributed by atoms with E-state index in [1.807, 2.05) is 0 Å². The summed E-state index contributed by atoms with van der Waals surface area (Å²) in [7, 11) is 2.09. The van der Waals surface area contributed by atoms with Crippen LogP contribution in [-0.4, -0.2) is 66.1 Å². The Morgan fingerprint density at radius 1 is 1.33 bits per heavy atom. The first-order valence-electron chi connectivity index (χ1n) is 6.99. The zero-order chi connectivity index (χ0) is 15.4. The molecule has 2 N–H and O–H groups in total. The largest absolute Gasteiger partial charge is 0.480 e. The average Bonchev–Trinajstić information content (AvgIpc) is 2.90. The van der Waals surface area contributed by atoms with Gasteiger partial charge in [-0.2, -0.15) is 0 Å². The van der Waals surface area contributed by atoms with E-state index < -0.39 is 17.9 Å². The fourth-order valence-corrected chi connectivity index (χ4v) is 2.14. The van der Waals surface area contributed by atoms with Gasteiger partial charge in [-0.25, -0.2) is 0 Å². The van der Waals surface area contributed by atoms with E-state index in [0.29, 0.717) is 12.3 Å². The van der Waals surface area contributed by atoms with Crippen LogP contribution in [0.15, 0.2) is 16.5 Å². The van der Waals surface area contributed by atoms with Gasteiger partial charge in [0, 0.05) is 26.2 Å². The summed E-state index contributed by atoms with van der Waals surface area (Å²) in [5.41, 5.74) is 0. The minimum absolute atomic E-state index is 0.146. The number of aliphatic carboxylic acids is 1. The van der Waals surface area contributed by atoms with Crippen LogP contribution in [0.3, 0.4) is 0 Å². The molecule has 0 spiro atoms. The molecule has 1 fully saturated rings. The number of carbonyl (C=O) groups is 2. The fourth-order valence-electron chi connectivity index (χ4n) is 2.14. The van der Waals surface area contributed by atoms with Gasteiger partial charge in [-0.15, -0.1) is 0 Å². The molecule has 1 saturated heterocycles. The molecule has 116 valence electrons. The van der Waals surface area contributed by atoms with Gasteiger partial charge in [0.1, 0.15) is 11.8 Å². The zero-order valence-corrected chi connectivity index (χ0v) is 12.3. The van der Waals surface area contributed by atoms with E-state index in [0.717, 1.165) is 26.2 Å². The Balaban J connectivity index is 1.89. The number of likely N-dealkylation sites (N-methyl/N-ethyl adjacent to an activating group) is 1. The molecule has 1 aromatic rings. The van der Waals surface area contributed by atoms with Gasteiger partial charge in [-0.1, -0.05) is 0 Å². The highest BCUT2D eigenvalue weighted by molar-refractivity contribution is 5.94. The number of carboxylic acids is 1. The van der Waals surface area contributed by atoms with Gasteiger partial charge in [0.15, 0.2) is 5.76 Å². The van der Waals surface area contributed by atoms with Crippen molar-refractivity contribution < 1.29 is 19.1 Å². The summed E-state index contributed by atoms with van der Waals surface area (Å²) in [4.78, 5) is 27.1. The molecule has 7 heteroatoms. The van der Waals surface area contributed by atoms with Crippen LogP contribution in [0, 0.1) is 0 Å². The molecule has 2 heterocycles. The Kier molecular flexibility index (Phi) is 4.98. The van der Waals surface area contributed by atoms with E-state index in [2.05, 4.69) is 22.2 Å². The van der Waals surface area contributed by atoms with Crippen LogP contribution in [0.2, 0.25) is 0 Å². The number of carbonyl (C=O) groups excluding carboxylic acids is 1. The van der Waals surface area contributed by atoms with E-state index in [1.165, 1.54) is 6.92 Å². The summed E-state index contributed by atoms with van der Waals surface area (Å²) >= 11 is 0. The molecule has 1 aliphatic heterocycles. The predicted molar refractivity (Wildman–Crippen MR) is 76.0 cm³/mol. The van der Waals surface area contributed by atoms with Crippen molar-refractivity contribution in [3.8, 4) is 0 Å². The number of piperazine rings is 1. The van der Waals surface area contributed by atoms with E-state index in [-0.39, 0.29) is 5.76 Å². The summed E-state index contributed by atoms with van der Waals surface area (Å²) < 4.78 is 5.50. The lowest BCUT2D eigenvalue weighted by molar-refractivity contribution is -0.138. The first-order valence-corrected chi connectivity index (χ1v) is 6.99. The number of hydrogen-bond donors (Lipinski definition) is 2. The van der Waals surface area contributed by atoms with Gasteiger partial charge < -0.3 is 19.7 Å². The summed E-state index contributed by atoms with van der Waals surface area (Å²) in [5.74, 6) is -0.720. The highest BCUT2D eigenvalue weighted by Crippen LogP contribution is 2.12. The van der Waals surface area contributed by atoms with Crippen LogP contribution in [0.4, 0.5) is 0 Å². The van der Waals surface area contributed by atoms with E-state index in [9.17, 15) is 9.59 Å². The van der Waals surface area contributed by atoms with Crippen LogP contribution in [0.1, 0.15) is 23.2 Å². The maximum Gasteiger partial charge on any atom is 0.325 e. The lowest BCUT2D eigenvalue weighted by Gasteiger charge is -2.31. The second-order valence-corrected chi connectivity index (χ2v) is 5.38. The second-order valence-electron chi connectivity index (χ2n) is 5.38. The van der Waals surface area contributed by atoms with E-state index in [4.69, 9.17) is 9.52 Å². The SMILES string of the molecule is CC(NC(=O)c1ccc(CN2CCN(C)CC2)o1)C(=O)O. The van der Waals surface area contributed by atoms with Gasteiger partial charge in [-0.05, 0) is 26.1 Å². The molecule has 0 radical (unpaired) electrons. The molecule has 1 unspecified atom stereocenters. The van der Waals surface area contributed by atoms with Gasteiger partial charge >= 0.3 is 5.97 Å². The summed E-state index contributed by atoms with van der Waals surface area (Å²) in [5, 5.41) is 11.1. The molecule has 1 amide bonds. The molecular weight excluding hydrogens is 274 g/mol. The molecule has 1 atom stereocenters. The van der Waals surface area contributed by atoms with Crippen molar-refractivity contribution in [1.29, 1.82) is 0 Å². The Bertz CT molecular complexity index is 506. The molecule has 0 aliphatic carbocycles. The first kappa shape index (κ1) is 15.5. The molecule has 7 nitrogen and oxygen atoms in total. The van der Waals surface area contributed by atoms with Gasteiger partial charge in [0.05, 0.1) is 6.54 Å². The Hall–Kier alpha value is -1.86. The molecule has 21 heavy (non-hydrogen) atoms. The van der Waals surface area contributed by atoms with Crippen LogP contribution in [0.25, 0.3) is 0 Å². The molecule has 0 saturated carbocycles. The lowest BCUT2D eigenvalue weighted by Crippen LogP contribution is -2.43. The van der Waals surface area contributed by atoms with Crippen LogP contribution in [-0.2, 0) is 11.3 Å². The lowest BCUT2D eigenvalue weighted by atomic mass is 10.3. The fraction of sp³-hybridized carbons (Fsp3) is 0.571. The maximum atomic E-state index is 11.8. The summed E-state index contributed by atoms with van der Waals surface area (Å²) in [6.45, 7) is 6.04. The molecular formula is C14H21N3O4. The molecule has 1 aliphatic rings. The Morgan fingerprint density at radius 3 is 2.62 bits per heavy atom.